The largest absolute Gasteiger partial charge is 0.486 e. The third-order valence-electron chi connectivity index (χ3n) is 3.37. The summed E-state index contributed by atoms with van der Waals surface area (Å²) in [6.07, 6.45) is 0. The first-order chi connectivity index (χ1) is 11.5. The Kier molecular flexibility index (Phi) is 5.69. The van der Waals surface area contributed by atoms with Gasteiger partial charge < -0.3 is 10.1 Å². The van der Waals surface area contributed by atoms with Crippen LogP contribution in [0.5, 0.6) is 5.75 Å². The topological polar surface area (TPSA) is 79.2 Å². The van der Waals surface area contributed by atoms with Crippen molar-refractivity contribution in [3.05, 3.63) is 59.7 Å². The third kappa shape index (κ3) is 4.68. The van der Waals surface area contributed by atoms with Gasteiger partial charge in [-0.25, -0.2) is 0 Å². The molecule has 5 heteroatoms. The van der Waals surface area contributed by atoms with E-state index in [1.807, 2.05) is 26.0 Å². The van der Waals surface area contributed by atoms with Crippen LogP contribution in [0.1, 0.15) is 11.1 Å². The average Bonchev–Trinajstić information content (AvgIpc) is 2.53. The molecule has 1 atom stereocenters. The van der Waals surface area contributed by atoms with Crippen molar-refractivity contribution in [1.82, 2.24) is 0 Å². The Morgan fingerprint density at radius 2 is 1.79 bits per heavy atom. The van der Waals surface area contributed by atoms with Crippen molar-refractivity contribution < 1.29 is 14.3 Å². The minimum absolute atomic E-state index is 0.330. The van der Waals surface area contributed by atoms with Gasteiger partial charge in [-0.05, 0) is 49.2 Å². The Labute approximate surface area is 140 Å². The molecule has 0 fully saturated rings. The standard InChI is InChI=1S/C19H18N2O3/c1-13-5-3-7-15(9-13)21-19(23)17(11-20)18(22)12-24-16-8-4-6-14(2)10-16/h3-10,17H,12H2,1-2H3,(H,21,23). The predicted molar refractivity (Wildman–Crippen MR) is 90.6 cm³/mol. The van der Waals surface area contributed by atoms with Crippen LogP contribution in [0.2, 0.25) is 0 Å². The zero-order valence-corrected chi connectivity index (χ0v) is 13.6. The van der Waals surface area contributed by atoms with Gasteiger partial charge in [0.25, 0.3) is 0 Å². The summed E-state index contributed by atoms with van der Waals surface area (Å²) < 4.78 is 5.37. The molecule has 0 saturated carbocycles. The highest BCUT2D eigenvalue weighted by Gasteiger charge is 2.26. The van der Waals surface area contributed by atoms with Crippen molar-refractivity contribution in [3.63, 3.8) is 0 Å². The van der Waals surface area contributed by atoms with Gasteiger partial charge in [0.15, 0.2) is 11.7 Å². The van der Waals surface area contributed by atoms with Crippen molar-refractivity contribution in [1.29, 1.82) is 5.26 Å². The molecule has 2 aromatic carbocycles. The zero-order valence-electron chi connectivity index (χ0n) is 13.6. The highest BCUT2D eigenvalue weighted by molar-refractivity contribution is 6.09. The van der Waals surface area contributed by atoms with Gasteiger partial charge in [-0.2, -0.15) is 5.26 Å². The first-order valence-corrected chi connectivity index (χ1v) is 7.49. The third-order valence-corrected chi connectivity index (χ3v) is 3.37. The first kappa shape index (κ1) is 17.2. The second-order valence-electron chi connectivity index (χ2n) is 5.49. The van der Waals surface area contributed by atoms with Crippen molar-refractivity contribution in [2.24, 2.45) is 5.92 Å². The van der Waals surface area contributed by atoms with Crippen LogP contribution in [0, 0.1) is 31.1 Å². The van der Waals surface area contributed by atoms with E-state index in [4.69, 9.17) is 10.00 Å². The Balaban J connectivity index is 1.98. The number of rotatable bonds is 6. The number of amides is 1. The Morgan fingerprint density at radius 3 is 2.42 bits per heavy atom. The Hall–Kier alpha value is -3.13. The number of anilines is 1. The summed E-state index contributed by atoms with van der Waals surface area (Å²) in [5.41, 5.74) is 2.51. The Morgan fingerprint density at radius 1 is 1.12 bits per heavy atom. The molecule has 0 spiro atoms. The van der Waals surface area contributed by atoms with E-state index in [0.29, 0.717) is 11.4 Å². The van der Waals surface area contributed by atoms with Crippen LogP contribution in [-0.2, 0) is 9.59 Å². The number of nitrogens with one attached hydrogen (secondary N) is 1. The lowest BCUT2D eigenvalue weighted by Gasteiger charge is -2.11. The molecule has 1 unspecified atom stereocenters. The van der Waals surface area contributed by atoms with Gasteiger partial charge >= 0.3 is 0 Å². The number of Topliss-reactive ketones (excluding diaryl/α,β-unsaturated/α-hetero) is 1. The molecule has 0 radical (unpaired) electrons. The monoisotopic (exact) mass is 322 g/mol. The molecule has 1 amide bonds. The van der Waals surface area contributed by atoms with Crippen LogP contribution in [0.4, 0.5) is 5.69 Å². The Bertz CT molecular complexity index is 793. The van der Waals surface area contributed by atoms with Gasteiger partial charge in [-0.3, -0.25) is 9.59 Å². The lowest BCUT2D eigenvalue weighted by Crippen LogP contribution is -2.31. The normalized spacial score (nSPS) is 11.2. The van der Waals surface area contributed by atoms with Gasteiger partial charge in [0.2, 0.25) is 5.91 Å². The molecule has 0 aliphatic carbocycles. The summed E-state index contributed by atoms with van der Waals surface area (Å²) in [6.45, 7) is 3.46. The quantitative estimate of drug-likeness (QED) is 0.829. The van der Waals surface area contributed by atoms with E-state index in [9.17, 15) is 9.59 Å². The number of carbonyl (C=O) groups excluding carboxylic acids is 2. The molecule has 0 saturated heterocycles. The van der Waals surface area contributed by atoms with E-state index in [1.165, 1.54) is 0 Å². The van der Waals surface area contributed by atoms with Crippen LogP contribution in [0.15, 0.2) is 48.5 Å². The van der Waals surface area contributed by atoms with Crippen molar-refractivity contribution >= 4 is 17.4 Å². The maximum Gasteiger partial charge on any atom is 0.249 e. The second kappa shape index (κ2) is 7.93. The fourth-order valence-electron chi connectivity index (χ4n) is 2.16. The minimum Gasteiger partial charge on any atom is -0.486 e. The maximum absolute atomic E-state index is 12.2. The fourth-order valence-corrected chi connectivity index (χ4v) is 2.16. The molecule has 0 aliphatic rings. The van der Waals surface area contributed by atoms with E-state index >= 15 is 0 Å². The molecule has 2 aromatic rings. The van der Waals surface area contributed by atoms with Crippen LogP contribution in [0.25, 0.3) is 0 Å². The van der Waals surface area contributed by atoms with Gasteiger partial charge in [0, 0.05) is 5.69 Å². The molecule has 1 N–H and O–H groups in total. The van der Waals surface area contributed by atoms with Crippen LogP contribution in [-0.4, -0.2) is 18.3 Å². The van der Waals surface area contributed by atoms with E-state index in [2.05, 4.69) is 5.32 Å². The lowest BCUT2D eigenvalue weighted by molar-refractivity contribution is -0.130. The second-order valence-corrected chi connectivity index (χ2v) is 5.49. The van der Waals surface area contributed by atoms with Gasteiger partial charge in [-0.1, -0.05) is 24.3 Å². The number of nitriles is 1. The smallest absolute Gasteiger partial charge is 0.249 e. The van der Waals surface area contributed by atoms with E-state index < -0.39 is 17.6 Å². The number of benzene rings is 2. The summed E-state index contributed by atoms with van der Waals surface area (Å²) in [7, 11) is 0. The molecule has 122 valence electrons. The minimum atomic E-state index is -1.41. The highest BCUT2D eigenvalue weighted by atomic mass is 16.5. The van der Waals surface area contributed by atoms with Crippen LogP contribution >= 0.6 is 0 Å². The summed E-state index contributed by atoms with van der Waals surface area (Å²) in [4.78, 5) is 24.3. The number of ether oxygens (including phenoxy) is 1. The maximum atomic E-state index is 12.2. The van der Waals surface area contributed by atoms with Gasteiger partial charge in [0.05, 0.1) is 6.07 Å². The van der Waals surface area contributed by atoms with Crippen LogP contribution in [0.3, 0.4) is 0 Å². The zero-order chi connectivity index (χ0) is 17.5. The van der Waals surface area contributed by atoms with E-state index in [-0.39, 0.29) is 6.61 Å². The van der Waals surface area contributed by atoms with Crippen molar-refractivity contribution in [2.75, 3.05) is 11.9 Å². The molecular weight excluding hydrogens is 304 g/mol. The fraction of sp³-hybridized carbons (Fsp3) is 0.211. The highest BCUT2D eigenvalue weighted by Crippen LogP contribution is 2.14. The molecule has 0 heterocycles. The van der Waals surface area contributed by atoms with Gasteiger partial charge in [0.1, 0.15) is 12.4 Å². The summed E-state index contributed by atoms with van der Waals surface area (Å²) in [5.74, 6) is -2.11. The molecule has 0 aliphatic heterocycles. The summed E-state index contributed by atoms with van der Waals surface area (Å²) >= 11 is 0. The number of hydrogen-bond acceptors (Lipinski definition) is 4. The molecule has 0 aromatic heterocycles. The van der Waals surface area contributed by atoms with Gasteiger partial charge in [-0.15, -0.1) is 0 Å². The number of carbonyl (C=O) groups is 2. The molecule has 2 rings (SSSR count). The SMILES string of the molecule is Cc1cccc(NC(=O)C(C#N)C(=O)COc2cccc(C)c2)c1. The van der Waals surface area contributed by atoms with Crippen molar-refractivity contribution in [3.8, 4) is 11.8 Å². The molecule has 5 nitrogen and oxygen atoms in total. The van der Waals surface area contributed by atoms with E-state index in [1.54, 1.807) is 42.5 Å². The molecule has 0 bridgehead atoms. The number of aryl methyl sites for hydroxylation is 2. The number of nitrogens with zero attached hydrogens (tertiary/aromatic N) is 1. The number of hydrogen-bond donors (Lipinski definition) is 1. The average molecular weight is 322 g/mol. The van der Waals surface area contributed by atoms with Crippen LogP contribution < -0.4 is 10.1 Å². The summed E-state index contributed by atoms with van der Waals surface area (Å²) in [5, 5.41) is 11.7. The number of ketones is 1. The molecular formula is C19H18N2O3. The first-order valence-electron chi connectivity index (χ1n) is 7.49. The van der Waals surface area contributed by atoms with E-state index in [0.717, 1.165) is 11.1 Å². The van der Waals surface area contributed by atoms with Crippen molar-refractivity contribution in [2.45, 2.75) is 13.8 Å². The summed E-state index contributed by atoms with van der Waals surface area (Å²) in [6, 6.07) is 16.1. The lowest BCUT2D eigenvalue weighted by atomic mass is 10.1. The predicted octanol–water partition coefficient (Wildman–Crippen LogP) is 3.03. The molecule has 24 heavy (non-hydrogen) atoms.